The molecule has 0 aliphatic carbocycles. The van der Waals surface area contributed by atoms with Crippen LogP contribution in [-0.4, -0.2) is 12.0 Å². The zero-order valence-corrected chi connectivity index (χ0v) is 12.5. The number of alkyl halides is 3. The van der Waals surface area contributed by atoms with Crippen LogP contribution in [0.5, 0.6) is 0 Å². The van der Waals surface area contributed by atoms with Gasteiger partial charge in [0.05, 0.1) is 5.56 Å². The molecule has 0 bridgehead atoms. The number of hydrogen-bond acceptors (Lipinski definition) is 2. The third kappa shape index (κ3) is 3.32. The first kappa shape index (κ1) is 15.4. The largest absolute Gasteiger partial charge is 0.416 e. The minimum absolute atomic E-state index is 0.611. The number of anilines is 2. The van der Waals surface area contributed by atoms with Crippen molar-refractivity contribution < 1.29 is 13.2 Å². The van der Waals surface area contributed by atoms with E-state index in [0.717, 1.165) is 35.3 Å². The van der Waals surface area contributed by atoms with Crippen LogP contribution in [0.25, 0.3) is 10.9 Å². The Morgan fingerprint density at radius 2 is 1.70 bits per heavy atom. The number of aromatic nitrogens is 1. The zero-order valence-electron chi connectivity index (χ0n) is 12.5. The highest BCUT2D eigenvalue weighted by Crippen LogP contribution is 2.31. The van der Waals surface area contributed by atoms with E-state index in [1.807, 2.05) is 31.4 Å². The first-order valence-corrected chi connectivity index (χ1v) is 7.16. The Morgan fingerprint density at radius 1 is 1.00 bits per heavy atom. The highest BCUT2D eigenvalue weighted by molar-refractivity contribution is 5.86. The maximum absolute atomic E-state index is 12.6. The summed E-state index contributed by atoms with van der Waals surface area (Å²) in [6, 6.07) is 10.8. The van der Waals surface area contributed by atoms with Crippen molar-refractivity contribution in [3.63, 3.8) is 0 Å². The van der Waals surface area contributed by atoms with Gasteiger partial charge < -0.3 is 15.6 Å². The molecule has 0 aliphatic rings. The van der Waals surface area contributed by atoms with Crippen LogP contribution >= 0.6 is 0 Å². The fourth-order valence-corrected chi connectivity index (χ4v) is 2.51. The van der Waals surface area contributed by atoms with Crippen LogP contribution in [0.1, 0.15) is 11.1 Å². The van der Waals surface area contributed by atoms with E-state index in [4.69, 9.17) is 0 Å². The number of hydrogen-bond donors (Lipinski definition) is 3. The molecule has 0 saturated carbocycles. The molecule has 0 radical (unpaired) electrons. The molecule has 6 heteroatoms. The van der Waals surface area contributed by atoms with E-state index >= 15 is 0 Å². The monoisotopic (exact) mass is 319 g/mol. The first-order valence-electron chi connectivity index (χ1n) is 7.16. The fraction of sp³-hybridized carbons (Fsp3) is 0.176. The van der Waals surface area contributed by atoms with Gasteiger partial charge in [0.15, 0.2) is 0 Å². The average Bonchev–Trinajstić information content (AvgIpc) is 2.90. The smallest absolute Gasteiger partial charge is 0.361 e. The van der Waals surface area contributed by atoms with Crippen molar-refractivity contribution in [3.05, 3.63) is 59.8 Å². The molecule has 0 saturated heterocycles. The minimum Gasteiger partial charge on any atom is -0.361 e. The van der Waals surface area contributed by atoms with Crippen LogP contribution < -0.4 is 10.6 Å². The molecule has 0 fully saturated rings. The van der Waals surface area contributed by atoms with Gasteiger partial charge in [0, 0.05) is 35.0 Å². The molecule has 0 aliphatic heterocycles. The van der Waals surface area contributed by atoms with E-state index in [0.29, 0.717) is 5.69 Å². The Labute approximate surface area is 131 Å². The van der Waals surface area contributed by atoms with Crippen molar-refractivity contribution in [2.24, 2.45) is 0 Å². The van der Waals surface area contributed by atoms with Crippen molar-refractivity contribution >= 4 is 22.3 Å². The van der Waals surface area contributed by atoms with E-state index in [1.165, 1.54) is 17.7 Å². The first-order chi connectivity index (χ1) is 11.0. The molecule has 0 spiro atoms. The molecule has 0 unspecified atom stereocenters. The van der Waals surface area contributed by atoms with Crippen molar-refractivity contribution in [3.8, 4) is 0 Å². The van der Waals surface area contributed by atoms with Gasteiger partial charge in [-0.3, -0.25) is 0 Å². The second-order valence-corrected chi connectivity index (χ2v) is 5.30. The van der Waals surface area contributed by atoms with Gasteiger partial charge in [0.25, 0.3) is 0 Å². The number of benzene rings is 2. The summed E-state index contributed by atoms with van der Waals surface area (Å²) in [5.74, 6) is 0. The molecule has 120 valence electrons. The average molecular weight is 319 g/mol. The normalized spacial score (nSPS) is 11.8. The third-order valence-corrected chi connectivity index (χ3v) is 3.64. The standard InChI is InChI=1S/C17H16F3N3/c1-21-9-11-10-22-16-8-14(6-7-15(11)16)23-13-4-2-12(3-5-13)17(18,19)20/h2-8,10,21-23H,9H2,1H3. The molecule has 2 aromatic carbocycles. The summed E-state index contributed by atoms with van der Waals surface area (Å²) in [6.45, 7) is 0.770. The number of halogens is 3. The maximum atomic E-state index is 12.6. The molecule has 3 nitrogen and oxygen atoms in total. The third-order valence-electron chi connectivity index (χ3n) is 3.64. The SMILES string of the molecule is CNCc1c[nH]c2cc(Nc3ccc(C(F)(F)F)cc3)ccc12. The summed E-state index contributed by atoms with van der Waals surface area (Å²) in [6.07, 6.45) is -2.37. The second-order valence-electron chi connectivity index (χ2n) is 5.30. The molecule has 3 N–H and O–H groups in total. The van der Waals surface area contributed by atoms with Gasteiger partial charge >= 0.3 is 6.18 Å². The predicted octanol–water partition coefficient (Wildman–Crippen LogP) is 4.65. The molecule has 1 aromatic heterocycles. The van der Waals surface area contributed by atoms with Crippen molar-refractivity contribution in [2.75, 3.05) is 12.4 Å². The van der Waals surface area contributed by atoms with Gasteiger partial charge in [0.2, 0.25) is 0 Å². The lowest BCUT2D eigenvalue weighted by molar-refractivity contribution is -0.137. The Bertz CT molecular complexity index is 804. The van der Waals surface area contributed by atoms with Gasteiger partial charge in [-0.25, -0.2) is 0 Å². The van der Waals surface area contributed by atoms with E-state index in [1.54, 1.807) is 0 Å². The summed E-state index contributed by atoms with van der Waals surface area (Å²) in [4.78, 5) is 3.20. The van der Waals surface area contributed by atoms with Crippen LogP contribution in [0.4, 0.5) is 24.5 Å². The van der Waals surface area contributed by atoms with Crippen molar-refractivity contribution in [2.45, 2.75) is 12.7 Å². The van der Waals surface area contributed by atoms with Crippen LogP contribution in [0.15, 0.2) is 48.7 Å². The van der Waals surface area contributed by atoms with E-state index in [2.05, 4.69) is 15.6 Å². The summed E-state index contributed by atoms with van der Waals surface area (Å²) < 4.78 is 37.7. The van der Waals surface area contributed by atoms with E-state index < -0.39 is 11.7 Å². The Balaban J connectivity index is 1.81. The van der Waals surface area contributed by atoms with Crippen LogP contribution in [0, 0.1) is 0 Å². The Morgan fingerprint density at radius 3 is 2.35 bits per heavy atom. The van der Waals surface area contributed by atoms with Crippen LogP contribution in [-0.2, 0) is 12.7 Å². The Hall–Kier alpha value is -2.47. The van der Waals surface area contributed by atoms with E-state index in [9.17, 15) is 13.2 Å². The van der Waals surface area contributed by atoms with Crippen LogP contribution in [0.3, 0.4) is 0 Å². The number of fused-ring (bicyclic) bond motifs is 1. The molecular weight excluding hydrogens is 303 g/mol. The maximum Gasteiger partial charge on any atom is 0.416 e. The number of aromatic amines is 1. The lowest BCUT2D eigenvalue weighted by Crippen LogP contribution is -2.04. The summed E-state index contributed by atoms with van der Waals surface area (Å²) in [5, 5.41) is 7.34. The lowest BCUT2D eigenvalue weighted by Gasteiger charge is -2.10. The van der Waals surface area contributed by atoms with Crippen molar-refractivity contribution in [1.29, 1.82) is 0 Å². The van der Waals surface area contributed by atoms with Gasteiger partial charge in [-0.2, -0.15) is 13.2 Å². The molecule has 3 rings (SSSR count). The second kappa shape index (κ2) is 5.96. The summed E-state index contributed by atoms with van der Waals surface area (Å²) in [7, 11) is 1.89. The van der Waals surface area contributed by atoms with Gasteiger partial charge in [-0.1, -0.05) is 6.07 Å². The lowest BCUT2D eigenvalue weighted by atomic mass is 10.1. The van der Waals surface area contributed by atoms with Gasteiger partial charge in [-0.15, -0.1) is 0 Å². The number of rotatable bonds is 4. The molecule has 1 heterocycles. The van der Waals surface area contributed by atoms with Gasteiger partial charge in [0.1, 0.15) is 0 Å². The zero-order chi connectivity index (χ0) is 16.4. The van der Waals surface area contributed by atoms with Crippen molar-refractivity contribution in [1.82, 2.24) is 10.3 Å². The molecule has 3 aromatic rings. The highest BCUT2D eigenvalue weighted by atomic mass is 19.4. The minimum atomic E-state index is -4.31. The highest BCUT2D eigenvalue weighted by Gasteiger charge is 2.29. The molecule has 0 amide bonds. The summed E-state index contributed by atoms with van der Waals surface area (Å²) in [5.41, 5.74) is 2.92. The summed E-state index contributed by atoms with van der Waals surface area (Å²) >= 11 is 0. The molecule has 23 heavy (non-hydrogen) atoms. The molecule has 0 atom stereocenters. The number of nitrogens with one attached hydrogen (secondary N) is 3. The topological polar surface area (TPSA) is 39.9 Å². The molecular formula is C17H16F3N3. The quantitative estimate of drug-likeness (QED) is 0.655. The predicted molar refractivity (Wildman–Crippen MR) is 85.8 cm³/mol. The number of H-pyrrole nitrogens is 1. The van der Waals surface area contributed by atoms with Crippen LogP contribution in [0.2, 0.25) is 0 Å². The fourth-order valence-electron chi connectivity index (χ4n) is 2.51. The van der Waals surface area contributed by atoms with E-state index in [-0.39, 0.29) is 0 Å². The Kier molecular flexibility index (Phi) is 4.00. The van der Waals surface area contributed by atoms with Gasteiger partial charge in [-0.05, 0) is 49.0 Å².